The Kier molecular flexibility index (Phi) is 3.78. The van der Waals surface area contributed by atoms with E-state index in [4.69, 9.17) is 4.74 Å². The van der Waals surface area contributed by atoms with Crippen molar-refractivity contribution in [1.82, 2.24) is 0 Å². The molecule has 5 nitrogen and oxygen atoms in total. The van der Waals surface area contributed by atoms with Crippen molar-refractivity contribution in [2.75, 3.05) is 23.9 Å². The zero-order chi connectivity index (χ0) is 15.5. The SMILES string of the molecule is CN1C(=O)CCOc2ccc(NC(=O)c3ccccc3)cc21. The Morgan fingerprint density at radius 2 is 1.95 bits per heavy atom. The summed E-state index contributed by atoms with van der Waals surface area (Å²) in [6, 6.07) is 14.3. The summed E-state index contributed by atoms with van der Waals surface area (Å²) in [7, 11) is 1.71. The number of nitrogens with one attached hydrogen (secondary N) is 1. The molecule has 1 aliphatic rings. The van der Waals surface area contributed by atoms with Crippen molar-refractivity contribution in [3.05, 3.63) is 54.1 Å². The number of rotatable bonds is 2. The summed E-state index contributed by atoms with van der Waals surface area (Å²) >= 11 is 0. The third-order valence-electron chi connectivity index (χ3n) is 3.56. The van der Waals surface area contributed by atoms with Crippen LogP contribution in [0.1, 0.15) is 16.8 Å². The molecule has 0 aromatic heterocycles. The minimum atomic E-state index is -0.191. The second kappa shape index (κ2) is 5.89. The summed E-state index contributed by atoms with van der Waals surface area (Å²) in [5.41, 5.74) is 1.87. The molecule has 0 unspecified atom stereocenters. The molecule has 2 aromatic rings. The molecule has 3 rings (SSSR count). The summed E-state index contributed by atoms with van der Waals surface area (Å²) in [6.45, 7) is 0.367. The quantitative estimate of drug-likeness (QED) is 0.927. The first-order valence-electron chi connectivity index (χ1n) is 7.05. The van der Waals surface area contributed by atoms with E-state index >= 15 is 0 Å². The van der Waals surface area contributed by atoms with E-state index in [1.165, 1.54) is 0 Å². The van der Waals surface area contributed by atoms with Crippen molar-refractivity contribution >= 4 is 23.2 Å². The molecule has 1 N–H and O–H groups in total. The number of ether oxygens (including phenoxy) is 1. The molecule has 2 amide bonds. The Labute approximate surface area is 128 Å². The second-order valence-corrected chi connectivity index (χ2v) is 5.05. The van der Waals surface area contributed by atoms with Crippen LogP contribution in [0.25, 0.3) is 0 Å². The molecule has 0 saturated carbocycles. The zero-order valence-corrected chi connectivity index (χ0v) is 12.2. The van der Waals surface area contributed by atoms with Gasteiger partial charge in [0.15, 0.2) is 0 Å². The minimum absolute atomic E-state index is 0.00899. The Morgan fingerprint density at radius 1 is 1.18 bits per heavy atom. The summed E-state index contributed by atoms with van der Waals surface area (Å²) in [6.07, 6.45) is 0.344. The lowest BCUT2D eigenvalue weighted by Gasteiger charge is -2.17. The zero-order valence-electron chi connectivity index (χ0n) is 12.2. The Morgan fingerprint density at radius 3 is 2.73 bits per heavy atom. The highest BCUT2D eigenvalue weighted by Gasteiger charge is 2.20. The van der Waals surface area contributed by atoms with Gasteiger partial charge in [-0.1, -0.05) is 18.2 Å². The van der Waals surface area contributed by atoms with E-state index in [-0.39, 0.29) is 11.8 Å². The molecular weight excluding hydrogens is 280 g/mol. The van der Waals surface area contributed by atoms with E-state index in [0.29, 0.717) is 35.7 Å². The van der Waals surface area contributed by atoms with Gasteiger partial charge in [0.1, 0.15) is 5.75 Å². The minimum Gasteiger partial charge on any atom is -0.491 e. The number of fused-ring (bicyclic) bond motifs is 1. The molecule has 0 atom stereocenters. The maximum Gasteiger partial charge on any atom is 0.255 e. The lowest BCUT2D eigenvalue weighted by molar-refractivity contribution is -0.118. The van der Waals surface area contributed by atoms with Gasteiger partial charge >= 0.3 is 0 Å². The van der Waals surface area contributed by atoms with Crippen LogP contribution in [0.15, 0.2) is 48.5 Å². The van der Waals surface area contributed by atoms with Crippen LogP contribution in [0.2, 0.25) is 0 Å². The average Bonchev–Trinajstić information content (AvgIpc) is 2.68. The standard InChI is InChI=1S/C17H16N2O3/c1-19-14-11-13(7-8-15(14)22-10-9-16(19)20)18-17(21)12-5-3-2-4-6-12/h2-8,11H,9-10H2,1H3,(H,18,21). The first kappa shape index (κ1) is 14.1. The summed E-state index contributed by atoms with van der Waals surface area (Å²) in [4.78, 5) is 25.6. The largest absolute Gasteiger partial charge is 0.491 e. The number of carbonyl (C=O) groups is 2. The number of amides is 2. The van der Waals surface area contributed by atoms with Crippen LogP contribution in [-0.2, 0) is 4.79 Å². The van der Waals surface area contributed by atoms with Gasteiger partial charge in [-0.05, 0) is 30.3 Å². The van der Waals surface area contributed by atoms with E-state index in [1.54, 1.807) is 42.3 Å². The van der Waals surface area contributed by atoms with Crippen LogP contribution < -0.4 is 15.0 Å². The number of carbonyl (C=O) groups excluding carboxylic acids is 2. The molecule has 0 spiro atoms. The fourth-order valence-electron chi connectivity index (χ4n) is 2.32. The number of hydrogen-bond donors (Lipinski definition) is 1. The fourth-order valence-corrected chi connectivity index (χ4v) is 2.32. The highest BCUT2D eigenvalue weighted by Crippen LogP contribution is 2.33. The number of hydrogen-bond acceptors (Lipinski definition) is 3. The smallest absolute Gasteiger partial charge is 0.255 e. The van der Waals surface area contributed by atoms with Crippen LogP contribution in [0.3, 0.4) is 0 Å². The van der Waals surface area contributed by atoms with Gasteiger partial charge in [0.2, 0.25) is 5.91 Å². The topological polar surface area (TPSA) is 58.6 Å². The molecule has 5 heteroatoms. The third-order valence-corrected chi connectivity index (χ3v) is 3.56. The molecule has 0 bridgehead atoms. The Bertz CT molecular complexity index is 713. The van der Waals surface area contributed by atoms with Gasteiger partial charge in [-0.15, -0.1) is 0 Å². The van der Waals surface area contributed by atoms with Crippen LogP contribution in [0.5, 0.6) is 5.75 Å². The lowest BCUT2D eigenvalue weighted by Crippen LogP contribution is -2.25. The summed E-state index contributed by atoms with van der Waals surface area (Å²) in [5, 5.41) is 2.83. The highest BCUT2D eigenvalue weighted by molar-refractivity contribution is 6.05. The molecule has 1 aliphatic heterocycles. The fraction of sp³-hybridized carbons (Fsp3) is 0.176. The normalized spacial score (nSPS) is 13.9. The summed E-state index contributed by atoms with van der Waals surface area (Å²) < 4.78 is 5.56. The van der Waals surface area contributed by atoms with Gasteiger partial charge in [0.05, 0.1) is 18.7 Å². The first-order valence-corrected chi connectivity index (χ1v) is 7.05. The molecule has 0 fully saturated rings. The predicted octanol–water partition coefficient (Wildman–Crippen LogP) is 2.68. The van der Waals surface area contributed by atoms with Crippen molar-refractivity contribution < 1.29 is 14.3 Å². The van der Waals surface area contributed by atoms with Gasteiger partial charge in [-0.3, -0.25) is 9.59 Å². The molecule has 22 heavy (non-hydrogen) atoms. The van der Waals surface area contributed by atoms with Crippen molar-refractivity contribution in [1.29, 1.82) is 0 Å². The van der Waals surface area contributed by atoms with Gasteiger partial charge in [0, 0.05) is 18.3 Å². The molecule has 0 aliphatic carbocycles. The van der Waals surface area contributed by atoms with E-state index in [9.17, 15) is 9.59 Å². The van der Waals surface area contributed by atoms with E-state index < -0.39 is 0 Å². The Balaban J connectivity index is 1.86. The van der Waals surface area contributed by atoms with E-state index in [1.807, 2.05) is 18.2 Å². The molecule has 0 saturated heterocycles. The third kappa shape index (κ3) is 2.79. The van der Waals surface area contributed by atoms with Crippen molar-refractivity contribution in [2.24, 2.45) is 0 Å². The number of nitrogens with zero attached hydrogens (tertiary/aromatic N) is 1. The predicted molar refractivity (Wildman–Crippen MR) is 84.4 cm³/mol. The van der Waals surface area contributed by atoms with Gasteiger partial charge in [-0.2, -0.15) is 0 Å². The van der Waals surface area contributed by atoms with Crippen LogP contribution in [-0.4, -0.2) is 25.5 Å². The van der Waals surface area contributed by atoms with Crippen molar-refractivity contribution in [3.8, 4) is 5.75 Å². The lowest BCUT2D eigenvalue weighted by atomic mass is 10.2. The van der Waals surface area contributed by atoms with Gasteiger partial charge in [-0.25, -0.2) is 0 Å². The van der Waals surface area contributed by atoms with E-state index in [2.05, 4.69) is 5.32 Å². The maximum atomic E-state index is 12.2. The molecular formula is C17H16N2O3. The summed E-state index contributed by atoms with van der Waals surface area (Å²) in [5.74, 6) is 0.445. The monoisotopic (exact) mass is 296 g/mol. The van der Waals surface area contributed by atoms with Crippen molar-refractivity contribution in [3.63, 3.8) is 0 Å². The number of benzene rings is 2. The number of anilines is 2. The molecule has 0 radical (unpaired) electrons. The second-order valence-electron chi connectivity index (χ2n) is 5.05. The van der Waals surface area contributed by atoms with Crippen molar-refractivity contribution in [2.45, 2.75) is 6.42 Å². The maximum absolute atomic E-state index is 12.2. The highest BCUT2D eigenvalue weighted by atomic mass is 16.5. The Hall–Kier alpha value is -2.82. The average molecular weight is 296 g/mol. The molecule has 1 heterocycles. The molecule has 2 aromatic carbocycles. The van der Waals surface area contributed by atoms with E-state index in [0.717, 1.165) is 0 Å². The molecule has 112 valence electrons. The first-order chi connectivity index (χ1) is 10.6. The van der Waals surface area contributed by atoms with Crippen LogP contribution in [0, 0.1) is 0 Å². The van der Waals surface area contributed by atoms with Crippen LogP contribution in [0.4, 0.5) is 11.4 Å². The van der Waals surface area contributed by atoms with Gasteiger partial charge < -0.3 is 15.0 Å². The van der Waals surface area contributed by atoms with Crippen LogP contribution >= 0.6 is 0 Å². The van der Waals surface area contributed by atoms with Gasteiger partial charge in [0.25, 0.3) is 5.91 Å².